The predicted molar refractivity (Wildman–Crippen MR) is 136 cm³/mol. The van der Waals surface area contributed by atoms with Gasteiger partial charge in [-0.25, -0.2) is 12.8 Å². The number of fused-ring (bicyclic) bond motifs is 3. The minimum absolute atomic E-state index is 0.00463. The average molecular weight is 500 g/mol. The summed E-state index contributed by atoms with van der Waals surface area (Å²) in [6, 6.07) is 6.10. The zero-order valence-corrected chi connectivity index (χ0v) is 21.1. The molecule has 1 aliphatic carbocycles. The molecule has 2 aromatic carbocycles. The smallest absolute Gasteiger partial charge is 0.257 e. The van der Waals surface area contributed by atoms with Gasteiger partial charge < -0.3 is 15.8 Å². The van der Waals surface area contributed by atoms with Gasteiger partial charge >= 0.3 is 0 Å². The summed E-state index contributed by atoms with van der Waals surface area (Å²) in [6.07, 6.45) is 1.83. The normalized spacial score (nSPS) is 16.2. The molecule has 1 aromatic heterocycles. The molecule has 5 N–H and O–H groups in total. The van der Waals surface area contributed by atoms with Crippen LogP contribution in [0.15, 0.2) is 35.7 Å². The van der Waals surface area contributed by atoms with E-state index in [1.165, 1.54) is 6.92 Å². The van der Waals surface area contributed by atoms with Gasteiger partial charge in [-0.1, -0.05) is 18.7 Å². The zero-order chi connectivity index (χ0) is 25.9. The lowest BCUT2D eigenvalue weighted by molar-refractivity contribution is 0.0107. The second kappa shape index (κ2) is 8.49. The van der Waals surface area contributed by atoms with Crippen LogP contribution in [-0.2, 0) is 22.9 Å². The average Bonchev–Trinajstić information content (AvgIpc) is 3.12. The van der Waals surface area contributed by atoms with E-state index in [1.807, 2.05) is 0 Å². The molecule has 0 bridgehead atoms. The van der Waals surface area contributed by atoms with Gasteiger partial charge in [-0.3, -0.25) is 9.52 Å². The molecule has 0 spiro atoms. The number of nitrogens with two attached hydrogens (primary N) is 1. The molecular formula is C26H30FN3O4S. The van der Waals surface area contributed by atoms with E-state index in [1.54, 1.807) is 39.0 Å². The first-order chi connectivity index (χ1) is 16.2. The van der Waals surface area contributed by atoms with E-state index in [-0.39, 0.29) is 21.9 Å². The minimum atomic E-state index is -3.80. The lowest BCUT2D eigenvalue weighted by Crippen LogP contribution is -2.34. The SMILES string of the molecule is C=C(C)S(=O)(=O)Nc1cccc(-c2c(F)cc(C(N)=O)c3[nH]c4c(c23)CC[C@@H](C(C)(C)O)C4)c1C. The molecule has 0 saturated carbocycles. The third-order valence-electron chi connectivity index (χ3n) is 6.99. The van der Waals surface area contributed by atoms with Crippen molar-refractivity contribution in [2.24, 2.45) is 11.7 Å². The van der Waals surface area contributed by atoms with Gasteiger partial charge in [0.15, 0.2) is 0 Å². The van der Waals surface area contributed by atoms with Gasteiger partial charge in [0.25, 0.3) is 15.9 Å². The predicted octanol–water partition coefficient (Wildman–Crippen LogP) is 4.53. The van der Waals surface area contributed by atoms with E-state index < -0.39 is 27.3 Å². The largest absolute Gasteiger partial charge is 0.390 e. The fourth-order valence-corrected chi connectivity index (χ4v) is 5.57. The molecule has 0 fully saturated rings. The van der Waals surface area contributed by atoms with Crippen LogP contribution < -0.4 is 10.5 Å². The molecule has 0 radical (unpaired) electrons. The number of aryl methyl sites for hydroxylation is 1. The van der Waals surface area contributed by atoms with Gasteiger partial charge in [0.2, 0.25) is 0 Å². The third kappa shape index (κ3) is 4.34. The minimum Gasteiger partial charge on any atom is -0.390 e. The first-order valence-corrected chi connectivity index (χ1v) is 12.9. The summed E-state index contributed by atoms with van der Waals surface area (Å²) < 4.78 is 43.0. The number of amides is 1. The number of allylic oxidation sites excluding steroid dienone is 1. The maximum absolute atomic E-state index is 15.7. The number of aromatic amines is 1. The standard InChI is InChI=1S/C26H30FN3O4S/c1-13(2)35(33,34)30-20-8-6-7-16(14(20)3)22-19(27)12-18(25(28)31)24-23(22)17-10-9-15(26(4,5)32)11-21(17)29-24/h6-8,12,15,29-30,32H,1,9-11H2,2-5H3,(H2,28,31)/t15-/m1/s1. The highest BCUT2D eigenvalue weighted by Gasteiger charge is 2.34. The van der Waals surface area contributed by atoms with Crippen molar-refractivity contribution in [3.05, 3.63) is 64.0 Å². The molecule has 1 heterocycles. The van der Waals surface area contributed by atoms with Crippen molar-refractivity contribution in [3.63, 3.8) is 0 Å². The topological polar surface area (TPSA) is 125 Å². The van der Waals surface area contributed by atoms with Crippen LogP contribution in [0.4, 0.5) is 10.1 Å². The summed E-state index contributed by atoms with van der Waals surface area (Å²) in [4.78, 5) is 15.5. The molecule has 35 heavy (non-hydrogen) atoms. The molecule has 1 amide bonds. The van der Waals surface area contributed by atoms with Gasteiger partial charge in [0, 0.05) is 16.6 Å². The van der Waals surface area contributed by atoms with Crippen LogP contribution in [0, 0.1) is 18.7 Å². The molecule has 3 aromatic rings. The maximum Gasteiger partial charge on any atom is 0.257 e. The zero-order valence-electron chi connectivity index (χ0n) is 20.3. The van der Waals surface area contributed by atoms with Crippen LogP contribution in [0.25, 0.3) is 22.0 Å². The van der Waals surface area contributed by atoms with E-state index in [2.05, 4.69) is 16.3 Å². The Labute approximate surface area is 204 Å². The molecule has 1 aliphatic rings. The van der Waals surface area contributed by atoms with Gasteiger partial charge in [0.1, 0.15) is 5.82 Å². The number of nitrogens with one attached hydrogen (secondary N) is 2. The number of aromatic nitrogens is 1. The monoisotopic (exact) mass is 499 g/mol. The van der Waals surface area contributed by atoms with E-state index in [9.17, 15) is 18.3 Å². The summed E-state index contributed by atoms with van der Waals surface area (Å²) in [7, 11) is -3.80. The summed E-state index contributed by atoms with van der Waals surface area (Å²) >= 11 is 0. The van der Waals surface area contributed by atoms with E-state index >= 15 is 4.39 Å². The Bertz CT molecular complexity index is 1480. The Kier molecular flexibility index (Phi) is 6.05. The Balaban J connectivity index is 1.98. The summed E-state index contributed by atoms with van der Waals surface area (Å²) in [5.74, 6) is -1.38. The highest BCUT2D eigenvalue weighted by atomic mass is 32.2. The number of rotatable bonds is 6. The number of carbonyl (C=O) groups is 1. The number of aliphatic hydroxyl groups is 1. The highest BCUT2D eigenvalue weighted by molar-refractivity contribution is 7.96. The van der Waals surface area contributed by atoms with Crippen molar-refractivity contribution in [1.82, 2.24) is 4.98 Å². The van der Waals surface area contributed by atoms with Crippen molar-refractivity contribution in [2.75, 3.05) is 4.72 Å². The maximum atomic E-state index is 15.7. The first-order valence-electron chi connectivity index (χ1n) is 11.4. The fraction of sp³-hybridized carbons (Fsp3) is 0.346. The van der Waals surface area contributed by atoms with Crippen LogP contribution in [0.1, 0.15) is 54.4 Å². The van der Waals surface area contributed by atoms with Gasteiger partial charge in [-0.15, -0.1) is 0 Å². The number of carbonyl (C=O) groups excluding carboxylic acids is 1. The number of anilines is 1. The van der Waals surface area contributed by atoms with Crippen LogP contribution in [0.3, 0.4) is 0 Å². The third-order valence-corrected chi connectivity index (χ3v) is 8.39. The Morgan fingerprint density at radius 1 is 1.34 bits per heavy atom. The van der Waals surface area contributed by atoms with Crippen LogP contribution >= 0.6 is 0 Å². The lowest BCUT2D eigenvalue weighted by Gasteiger charge is -2.32. The van der Waals surface area contributed by atoms with Crippen LogP contribution in [-0.4, -0.2) is 30.0 Å². The van der Waals surface area contributed by atoms with Gasteiger partial charge in [0.05, 0.1) is 27.3 Å². The molecule has 0 saturated heterocycles. The van der Waals surface area contributed by atoms with E-state index in [0.717, 1.165) is 17.3 Å². The van der Waals surface area contributed by atoms with Crippen molar-refractivity contribution >= 4 is 32.5 Å². The molecule has 4 rings (SSSR count). The number of primary amides is 1. The first kappa shape index (κ1) is 24.9. The number of hydrogen-bond donors (Lipinski definition) is 4. The number of sulfonamides is 1. The fourth-order valence-electron chi connectivity index (χ4n) is 4.89. The molecule has 7 nitrogen and oxygen atoms in total. The summed E-state index contributed by atoms with van der Waals surface area (Å²) in [6.45, 7) is 10.1. The second-order valence-electron chi connectivity index (χ2n) is 9.86. The summed E-state index contributed by atoms with van der Waals surface area (Å²) in [5, 5.41) is 11.1. The molecule has 1 atom stereocenters. The molecule has 186 valence electrons. The highest BCUT2D eigenvalue weighted by Crippen LogP contribution is 2.43. The van der Waals surface area contributed by atoms with Crippen molar-refractivity contribution in [3.8, 4) is 11.1 Å². The van der Waals surface area contributed by atoms with Crippen molar-refractivity contribution in [1.29, 1.82) is 0 Å². The van der Waals surface area contributed by atoms with Crippen LogP contribution in [0.5, 0.6) is 0 Å². The Morgan fingerprint density at radius 3 is 2.63 bits per heavy atom. The molecular weight excluding hydrogens is 469 g/mol. The Hall–Kier alpha value is -3.17. The number of benzene rings is 2. The van der Waals surface area contributed by atoms with E-state index in [4.69, 9.17) is 5.73 Å². The quantitative estimate of drug-likeness (QED) is 0.397. The van der Waals surface area contributed by atoms with Crippen LogP contribution in [0.2, 0.25) is 0 Å². The molecule has 0 aliphatic heterocycles. The molecule has 0 unspecified atom stereocenters. The van der Waals surface area contributed by atoms with E-state index in [0.29, 0.717) is 47.0 Å². The summed E-state index contributed by atoms with van der Waals surface area (Å²) in [5.41, 5.74) is 8.53. The lowest BCUT2D eigenvalue weighted by atomic mass is 9.77. The van der Waals surface area contributed by atoms with Crippen molar-refractivity contribution < 1.29 is 22.7 Å². The van der Waals surface area contributed by atoms with Gasteiger partial charge in [-0.2, -0.15) is 0 Å². The van der Waals surface area contributed by atoms with Crippen molar-refractivity contribution in [2.45, 2.75) is 52.6 Å². The Morgan fingerprint density at radius 2 is 2.03 bits per heavy atom. The number of halogens is 1. The molecule has 9 heteroatoms. The number of hydrogen-bond acceptors (Lipinski definition) is 4. The second-order valence-corrected chi connectivity index (χ2v) is 11.8. The number of H-pyrrole nitrogens is 1. The van der Waals surface area contributed by atoms with Gasteiger partial charge in [-0.05, 0) is 81.7 Å².